The summed E-state index contributed by atoms with van der Waals surface area (Å²) in [7, 11) is 1.30. The molecule has 28 heavy (non-hydrogen) atoms. The van der Waals surface area contributed by atoms with Crippen molar-refractivity contribution in [3.8, 4) is 11.5 Å². The summed E-state index contributed by atoms with van der Waals surface area (Å²) in [5.74, 6) is 0.449. The third-order valence-electron chi connectivity index (χ3n) is 3.85. The predicted molar refractivity (Wildman–Crippen MR) is 106 cm³/mol. The molecule has 0 unspecified atom stereocenters. The first-order chi connectivity index (χ1) is 13.5. The van der Waals surface area contributed by atoms with E-state index in [-0.39, 0.29) is 12.5 Å². The number of aromatic nitrogens is 1. The summed E-state index contributed by atoms with van der Waals surface area (Å²) in [4.78, 5) is 29.6. The highest BCUT2D eigenvalue weighted by atomic mass is 32.1. The normalized spacial score (nSPS) is 11.9. The molecule has 0 spiro atoms. The third-order valence-corrected chi connectivity index (χ3v) is 5.57. The van der Waals surface area contributed by atoms with Crippen molar-refractivity contribution in [3.63, 3.8) is 0 Å². The lowest BCUT2D eigenvalue weighted by Gasteiger charge is -2.04. The molecule has 0 fully saturated rings. The van der Waals surface area contributed by atoms with Crippen LogP contribution in [0.1, 0.15) is 25.7 Å². The van der Waals surface area contributed by atoms with Crippen LogP contribution in [0, 0.1) is 6.92 Å². The lowest BCUT2D eigenvalue weighted by molar-refractivity contribution is 0.0602. The van der Waals surface area contributed by atoms with Crippen LogP contribution in [-0.4, -0.2) is 30.8 Å². The number of nitrogens with one attached hydrogen (secondary N) is 2. The van der Waals surface area contributed by atoms with Gasteiger partial charge in [0.05, 0.1) is 12.7 Å². The van der Waals surface area contributed by atoms with Gasteiger partial charge >= 0.3 is 5.97 Å². The number of hydrogen-bond acceptors (Lipinski definition) is 9. The van der Waals surface area contributed by atoms with Gasteiger partial charge in [-0.3, -0.25) is 4.79 Å². The monoisotopic (exact) mass is 417 g/mol. The van der Waals surface area contributed by atoms with E-state index in [0.29, 0.717) is 27.2 Å². The Hall–Kier alpha value is -3.11. The fourth-order valence-corrected chi connectivity index (χ4v) is 4.17. The molecule has 2 N–H and O–H groups in total. The lowest BCUT2D eigenvalue weighted by atomic mass is 10.3. The average Bonchev–Trinajstić information content (AvgIpc) is 3.40. The Morgan fingerprint density at radius 3 is 2.86 bits per heavy atom. The number of aryl methyl sites for hydroxylation is 1. The number of thiophene rings is 1. The van der Waals surface area contributed by atoms with Gasteiger partial charge in [0.25, 0.3) is 5.91 Å². The Labute approximate surface area is 168 Å². The number of methoxy groups -OCH3 is 1. The lowest BCUT2D eigenvalue weighted by Crippen LogP contribution is -2.14. The van der Waals surface area contributed by atoms with Crippen LogP contribution in [0.5, 0.6) is 11.5 Å². The maximum absolute atomic E-state index is 12.5. The highest BCUT2D eigenvalue weighted by Crippen LogP contribution is 2.35. The van der Waals surface area contributed by atoms with Gasteiger partial charge in [-0.25, -0.2) is 9.78 Å². The third kappa shape index (κ3) is 3.64. The minimum absolute atomic E-state index is 0.204. The fraction of sp³-hybridized carbons (Fsp3) is 0.167. The summed E-state index contributed by atoms with van der Waals surface area (Å²) < 4.78 is 15.4. The number of hydrogen-bond donors (Lipinski definition) is 2. The molecule has 2 aromatic heterocycles. The Kier molecular flexibility index (Phi) is 4.88. The molecular formula is C18H15N3O5S2. The molecule has 4 rings (SSSR count). The van der Waals surface area contributed by atoms with Gasteiger partial charge in [-0.15, -0.1) is 22.7 Å². The number of fused-ring (bicyclic) bond motifs is 1. The quantitative estimate of drug-likeness (QED) is 0.605. The molecule has 0 aliphatic carbocycles. The van der Waals surface area contributed by atoms with Crippen molar-refractivity contribution in [3.05, 3.63) is 45.8 Å². The molecule has 0 radical (unpaired) electrons. The van der Waals surface area contributed by atoms with Crippen molar-refractivity contribution >= 4 is 50.4 Å². The predicted octanol–water partition coefficient (Wildman–Crippen LogP) is 4.02. The zero-order valence-corrected chi connectivity index (χ0v) is 16.5. The van der Waals surface area contributed by atoms with Gasteiger partial charge in [-0.2, -0.15) is 0 Å². The van der Waals surface area contributed by atoms with Crippen molar-refractivity contribution in [1.82, 2.24) is 4.98 Å². The standard InChI is InChI=1S/C18H15N3O5S2/c1-9-5-11(17(23)24-2)16(28-9)21-15(22)12-7-27-18(20-12)19-10-3-4-13-14(6-10)26-8-25-13/h3-7H,8H2,1-2H3,(H,19,20)(H,21,22). The molecule has 1 aliphatic heterocycles. The van der Waals surface area contributed by atoms with E-state index in [2.05, 4.69) is 15.6 Å². The van der Waals surface area contributed by atoms with Gasteiger partial charge in [0.15, 0.2) is 16.6 Å². The van der Waals surface area contributed by atoms with Crippen molar-refractivity contribution in [2.45, 2.75) is 6.92 Å². The highest BCUT2D eigenvalue weighted by molar-refractivity contribution is 7.16. The largest absolute Gasteiger partial charge is 0.465 e. The van der Waals surface area contributed by atoms with Crippen molar-refractivity contribution in [2.24, 2.45) is 0 Å². The summed E-state index contributed by atoms with van der Waals surface area (Å²) in [6, 6.07) is 7.13. The molecule has 1 aliphatic rings. The molecule has 1 aromatic carbocycles. The number of rotatable bonds is 5. The van der Waals surface area contributed by atoms with Gasteiger partial charge in [0, 0.05) is 22.0 Å². The first kappa shape index (κ1) is 18.3. The molecule has 3 heterocycles. The SMILES string of the molecule is COC(=O)c1cc(C)sc1NC(=O)c1csc(Nc2ccc3c(c2)OCO3)n1. The Morgan fingerprint density at radius 2 is 2.04 bits per heavy atom. The smallest absolute Gasteiger partial charge is 0.340 e. The number of thiazole rings is 1. The first-order valence-electron chi connectivity index (χ1n) is 8.16. The zero-order chi connectivity index (χ0) is 19.7. The Morgan fingerprint density at radius 1 is 1.21 bits per heavy atom. The summed E-state index contributed by atoms with van der Waals surface area (Å²) >= 11 is 2.60. The van der Waals surface area contributed by atoms with Gasteiger partial charge in [0.1, 0.15) is 10.7 Å². The number of nitrogens with zero attached hydrogens (tertiary/aromatic N) is 1. The second-order valence-electron chi connectivity index (χ2n) is 5.78. The van der Waals surface area contributed by atoms with Crippen LogP contribution < -0.4 is 20.1 Å². The van der Waals surface area contributed by atoms with E-state index in [1.165, 1.54) is 29.8 Å². The van der Waals surface area contributed by atoms with E-state index in [1.807, 2.05) is 13.0 Å². The minimum Gasteiger partial charge on any atom is -0.465 e. The van der Waals surface area contributed by atoms with E-state index >= 15 is 0 Å². The van der Waals surface area contributed by atoms with Crippen LogP contribution in [0.4, 0.5) is 15.8 Å². The van der Waals surface area contributed by atoms with E-state index in [9.17, 15) is 9.59 Å². The molecule has 10 heteroatoms. The maximum Gasteiger partial charge on any atom is 0.340 e. The molecule has 144 valence electrons. The van der Waals surface area contributed by atoms with Crippen LogP contribution in [0.3, 0.4) is 0 Å². The van der Waals surface area contributed by atoms with Gasteiger partial charge in [0.2, 0.25) is 6.79 Å². The van der Waals surface area contributed by atoms with E-state index < -0.39 is 11.9 Å². The van der Waals surface area contributed by atoms with Crippen LogP contribution in [-0.2, 0) is 4.74 Å². The molecule has 3 aromatic rings. The van der Waals surface area contributed by atoms with Gasteiger partial charge < -0.3 is 24.8 Å². The molecule has 0 atom stereocenters. The van der Waals surface area contributed by atoms with E-state index in [0.717, 1.165) is 10.6 Å². The zero-order valence-electron chi connectivity index (χ0n) is 14.9. The highest BCUT2D eigenvalue weighted by Gasteiger charge is 2.20. The van der Waals surface area contributed by atoms with E-state index in [1.54, 1.807) is 23.6 Å². The number of anilines is 3. The molecule has 0 saturated carbocycles. The number of ether oxygens (including phenoxy) is 3. The molecule has 1 amide bonds. The Bertz CT molecular complexity index is 1060. The first-order valence-corrected chi connectivity index (χ1v) is 9.85. The second-order valence-corrected chi connectivity index (χ2v) is 7.89. The van der Waals surface area contributed by atoms with Crippen LogP contribution >= 0.6 is 22.7 Å². The number of carbonyl (C=O) groups is 2. The summed E-state index contributed by atoms with van der Waals surface area (Å²) in [5, 5.41) is 8.50. The van der Waals surface area contributed by atoms with Crippen LogP contribution in [0.2, 0.25) is 0 Å². The number of carbonyl (C=O) groups excluding carboxylic acids is 2. The molecule has 0 bridgehead atoms. The topological polar surface area (TPSA) is 98.8 Å². The molecule has 0 saturated heterocycles. The van der Waals surface area contributed by atoms with Crippen molar-refractivity contribution in [2.75, 3.05) is 24.5 Å². The van der Waals surface area contributed by atoms with Crippen LogP contribution in [0.25, 0.3) is 0 Å². The summed E-state index contributed by atoms with van der Waals surface area (Å²) in [6.45, 7) is 2.05. The van der Waals surface area contributed by atoms with Crippen molar-refractivity contribution < 1.29 is 23.8 Å². The van der Waals surface area contributed by atoms with Gasteiger partial charge in [-0.05, 0) is 25.1 Å². The minimum atomic E-state index is -0.497. The number of benzene rings is 1. The summed E-state index contributed by atoms with van der Waals surface area (Å²) in [6.07, 6.45) is 0. The maximum atomic E-state index is 12.5. The second kappa shape index (κ2) is 7.49. The Balaban J connectivity index is 1.47. The van der Waals surface area contributed by atoms with Crippen LogP contribution in [0.15, 0.2) is 29.6 Å². The number of esters is 1. The average molecular weight is 417 g/mol. The molecule has 8 nitrogen and oxygen atoms in total. The fourth-order valence-electron chi connectivity index (χ4n) is 2.57. The molecular weight excluding hydrogens is 402 g/mol. The summed E-state index contributed by atoms with van der Waals surface area (Å²) in [5.41, 5.74) is 1.34. The van der Waals surface area contributed by atoms with Crippen molar-refractivity contribution in [1.29, 1.82) is 0 Å². The number of amides is 1. The van der Waals surface area contributed by atoms with E-state index in [4.69, 9.17) is 14.2 Å². The van der Waals surface area contributed by atoms with Gasteiger partial charge in [-0.1, -0.05) is 0 Å².